The van der Waals surface area contributed by atoms with Gasteiger partial charge in [0.1, 0.15) is 18.1 Å². The smallest absolute Gasteiger partial charge is 0.326 e. The first-order valence-corrected chi connectivity index (χ1v) is 10.9. The Hall–Kier alpha value is -4.05. The first-order chi connectivity index (χ1) is 16.8. The van der Waals surface area contributed by atoms with Gasteiger partial charge in [-0.2, -0.15) is 0 Å². The molecule has 0 aliphatic heterocycles. The van der Waals surface area contributed by atoms with Crippen LogP contribution < -0.4 is 33.2 Å². The summed E-state index contributed by atoms with van der Waals surface area (Å²) in [6, 6.07) is -5.61. The van der Waals surface area contributed by atoms with Crippen LogP contribution in [-0.4, -0.2) is 86.0 Å². The number of H-pyrrole nitrogens is 1. The zero-order valence-corrected chi connectivity index (χ0v) is 19.6. The van der Waals surface area contributed by atoms with Crippen molar-refractivity contribution in [2.75, 3.05) is 0 Å². The molecule has 1 heterocycles. The van der Waals surface area contributed by atoms with Crippen molar-refractivity contribution in [3.63, 3.8) is 0 Å². The number of aromatic amines is 1. The van der Waals surface area contributed by atoms with Gasteiger partial charge in [0.05, 0.1) is 18.5 Å². The SMILES string of the molecule is CC(O)C(NC(=O)C(CCC(N)=O)NC(=O)C(N)CCC(N)=O)C(=O)NC(Cc1cnc[nH]1)C(=O)O. The summed E-state index contributed by atoms with van der Waals surface area (Å²) in [7, 11) is 0. The summed E-state index contributed by atoms with van der Waals surface area (Å²) >= 11 is 0. The van der Waals surface area contributed by atoms with Gasteiger partial charge in [0.2, 0.25) is 29.5 Å². The van der Waals surface area contributed by atoms with E-state index in [1.165, 1.54) is 19.4 Å². The minimum atomic E-state index is -1.61. The van der Waals surface area contributed by atoms with Crippen molar-refractivity contribution < 1.29 is 39.0 Å². The maximum atomic E-state index is 12.9. The Balaban J connectivity index is 2.94. The first kappa shape index (κ1) is 30.0. The zero-order chi connectivity index (χ0) is 27.4. The average molecular weight is 513 g/mol. The molecule has 0 saturated heterocycles. The lowest BCUT2D eigenvalue weighted by atomic mass is 10.1. The largest absolute Gasteiger partial charge is 0.480 e. The molecule has 1 aromatic heterocycles. The molecule has 5 atom stereocenters. The molecule has 36 heavy (non-hydrogen) atoms. The second-order valence-corrected chi connectivity index (χ2v) is 8.08. The number of amides is 5. The summed E-state index contributed by atoms with van der Waals surface area (Å²) in [5.41, 5.74) is 16.3. The minimum absolute atomic E-state index is 0.100. The van der Waals surface area contributed by atoms with E-state index in [2.05, 4.69) is 25.9 Å². The van der Waals surface area contributed by atoms with E-state index in [1.54, 1.807) is 0 Å². The third-order valence-electron chi connectivity index (χ3n) is 5.01. The summed E-state index contributed by atoms with van der Waals surface area (Å²) in [4.78, 5) is 78.1. The maximum absolute atomic E-state index is 12.9. The van der Waals surface area contributed by atoms with Gasteiger partial charge in [-0.1, -0.05) is 0 Å². The number of aromatic nitrogens is 2. The molecule has 16 nitrogen and oxygen atoms in total. The van der Waals surface area contributed by atoms with Gasteiger partial charge in [-0.05, 0) is 19.8 Å². The molecular formula is C20H32N8O8. The molecule has 200 valence electrons. The van der Waals surface area contributed by atoms with Crippen LogP contribution in [0.2, 0.25) is 0 Å². The molecule has 0 aromatic carbocycles. The lowest BCUT2D eigenvalue weighted by molar-refractivity contribution is -0.143. The molecule has 0 aliphatic carbocycles. The fraction of sp³-hybridized carbons (Fsp3) is 0.550. The highest BCUT2D eigenvalue weighted by Crippen LogP contribution is 2.05. The van der Waals surface area contributed by atoms with Crippen LogP contribution in [0.25, 0.3) is 0 Å². The average Bonchev–Trinajstić information content (AvgIpc) is 3.30. The molecule has 0 radical (unpaired) electrons. The predicted molar refractivity (Wildman–Crippen MR) is 122 cm³/mol. The fourth-order valence-electron chi connectivity index (χ4n) is 3.00. The topological polar surface area (TPSA) is 286 Å². The molecule has 0 bridgehead atoms. The van der Waals surface area contributed by atoms with Crippen LogP contribution in [0, 0.1) is 0 Å². The molecule has 0 saturated carbocycles. The van der Waals surface area contributed by atoms with Crippen LogP contribution in [0.5, 0.6) is 0 Å². The molecule has 0 fully saturated rings. The third kappa shape index (κ3) is 10.5. The van der Waals surface area contributed by atoms with Crippen molar-refractivity contribution in [1.29, 1.82) is 0 Å². The van der Waals surface area contributed by atoms with Crippen molar-refractivity contribution >= 4 is 35.5 Å². The second-order valence-electron chi connectivity index (χ2n) is 8.08. The number of carbonyl (C=O) groups excluding carboxylic acids is 5. The number of aliphatic hydroxyl groups excluding tert-OH is 1. The summed E-state index contributed by atoms with van der Waals surface area (Å²) in [5, 5.41) is 26.3. The monoisotopic (exact) mass is 512 g/mol. The van der Waals surface area contributed by atoms with Crippen molar-refractivity contribution in [3.8, 4) is 0 Å². The molecule has 5 unspecified atom stereocenters. The van der Waals surface area contributed by atoms with Crippen LogP contribution in [0.1, 0.15) is 38.3 Å². The summed E-state index contributed by atoms with van der Waals surface area (Å²) in [6.07, 6.45) is 0.221. The molecular weight excluding hydrogens is 480 g/mol. The Kier molecular flexibility index (Phi) is 12.0. The van der Waals surface area contributed by atoms with E-state index >= 15 is 0 Å². The number of nitrogens with zero attached hydrogens (tertiary/aromatic N) is 1. The molecule has 16 heteroatoms. The number of nitrogens with two attached hydrogens (primary N) is 3. The van der Waals surface area contributed by atoms with Crippen LogP contribution in [0.4, 0.5) is 0 Å². The number of aliphatic hydroxyl groups is 1. The number of nitrogens with one attached hydrogen (secondary N) is 4. The minimum Gasteiger partial charge on any atom is -0.480 e. The van der Waals surface area contributed by atoms with Crippen molar-refractivity contribution in [2.45, 2.75) is 69.3 Å². The second kappa shape index (κ2) is 14.4. The van der Waals surface area contributed by atoms with Gasteiger partial charge in [0, 0.05) is 31.2 Å². The van der Waals surface area contributed by atoms with Crippen LogP contribution >= 0.6 is 0 Å². The van der Waals surface area contributed by atoms with Gasteiger partial charge in [-0.25, -0.2) is 9.78 Å². The van der Waals surface area contributed by atoms with E-state index in [-0.39, 0.29) is 32.1 Å². The Bertz CT molecular complexity index is 936. The van der Waals surface area contributed by atoms with E-state index in [1.807, 2.05) is 0 Å². The van der Waals surface area contributed by atoms with Gasteiger partial charge in [-0.3, -0.25) is 24.0 Å². The number of carboxylic acids is 1. The summed E-state index contributed by atoms with van der Waals surface area (Å²) < 4.78 is 0. The molecule has 12 N–H and O–H groups in total. The number of aliphatic carboxylic acids is 1. The normalized spacial score (nSPS) is 15.0. The van der Waals surface area contributed by atoms with Gasteiger partial charge >= 0.3 is 5.97 Å². The number of rotatable bonds is 16. The van der Waals surface area contributed by atoms with Gasteiger partial charge in [0.25, 0.3) is 0 Å². The van der Waals surface area contributed by atoms with Crippen molar-refractivity contribution in [1.82, 2.24) is 25.9 Å². The first-order valence-electron chi connectivity index (χ1n) is 10.9. The Morgan fingerprint density at radius 3 is 2.03 bits per heavy atom. The number of carbonyl (C=O) groups is 6. The highest BCUT2D eigenvalue weighted by atomic mass is 16.4. The molecule has 1 aromatic rings. The number of primary amides is 2. The standard InChI is InChI=1S/C20H32N8O8/c1-9(29)16(19(34)27-13(20(35)36)6-10-7-24-8-25-10)28-18(33)12(3-5-15(23)31)26-17(32)11(21)2-4-14(22)30/h7-9,11-13,16,29H,2-6,21H2,1H3,(H2,22,30)(H2,23,31)(H,24,25)(H,26,32)(H,27,34)(H,28,33)(H,35,36). The maximum Gasteiger partial charge on any atom is 0.326 e. The third-order valence-corrected chi connectivity index (χ3v) is 5.01. The van der Waals surface area contributed by atoms with Gasteiger partial charge in [-0.15, -0.1) is 0 Å². The van der Waals surface area contributed by atoms with Crippen LogP contribution in [0.15, 0.2) is 12.5 Å². The predicted octanol–water partition coefficient (Wildman–Crippen LogP) is -4.27. The fourth-order valence-corrected chi connectivity index (χ4v) is 3.00. The lowest BCUT2D eigenvalue weighted by Gasteiger charge is -2.26. The highest BCUT2D eigenvalue weighted by molar-refractivity contribution is 5.94. The Morgan fingerprint density at radius 1 is 0.944 bits per heavy atom. The quantitative estimate of drug-likeness (QED) is 0.103. The summed E-state index contributed by atoms with van der Waals surface area (Å²) in [6.45, 7) is 1.19. The molecule has 0 spiro atoms. The molecule has 5 amide bonds. The van der Waals surface area contributed by atoms with E-state index in [9.17, 15) is 39.0 Å². The zero-order valence-electron chi connectivity index (χ0n) is 19.6. The lowest BCUT2D eigenvalue weighted by Crippen LogP contribution is -2.60. The number of imidazole rings is 1. The number of carboxylic acid groups (broad SMARTS) is 1. The van der Waals surface area contributed by atoms with Crippen LogP contribution in [0.3, 0.4) is 0 Å². The van der Waals surface area contributed by atoms with E-state index in [0.717, 1.165) is 0 Å². The van der Waals surface area contributed by atoms with E-state index in [4.69, 9.17) is 17.2 Å². The Morgan fingerprint density at radius 2 is 1.53 bits per heavy atom. The Labute approximate surface area is 205 Å². The summed E-state index contributed by atoms with van der Waals surface area (Å²) in [5.74, 6) is -5.63. The number of hydrogen-bond donors (Lipinski definition) is 9. The van der Waals surface area contributed by atoms with Crippen LogP contribution in [-0.2, 0) is 35.2 Å². The van der Waals surface area contributed by atoms with E-state index in [0.29, 0.717) is 5.69 Å². The van der Waals surface area contributed by atoms with Gasteiger partial charge < -0.3 is 48.3 Å². The molecule has 0 aliphatic rings. The van der Waals surface area contributed by atoms with Crippen molar-refractivity contribution in [3.05, 3.63) is 18.2 Å². The highest BCUT2D eigenvalue weighted by Gasteiger charge is 2.33. The van der Waals surface area contributed by atoms with E-state index < -0.39 is 65.8 Å². The van der Waals surface area contributed by atoms with Crippen molar-refractivity contribution in [2.24, 2.45) is 17.2 Å². The van der Waals surface area contributed by atoms with Gasteiger partial charge in [0.15, 0.2) is 0 Å². The molecule has 1 rings (SSSR count). The number of hydrogen-bond acceptors (Lipinski definition) is 9.